The lowest BCUT2D eigenvalue weighted by Gasteiger charge is -2.25. The van der Waals surface area contributed by atoms with E-state index in [1.165, 1.54) is 0 Å². The summed E-state index contributed by atoms with van der Waals surface area (Å²) in [4.78, 5) is 10.8. The SMILES string of the molecule is O=C(O)C1CC(c2ccno2)CCN1. The third-order valence-corrected chi connectivity index (χ3v) is 2.56. The van der Waals surface area contributed by atoms with E-state index in [9.17, 15) is 4.79 Å². The highest BCUT2D eigenvalue weighted by molar-refractivity contribution is 5.73. The summed E-state index contributed by atoms with van der Waals surface area (Å²) in [6, 6.07) is 1.34. The molecule has 76 valence electrons. The van der Waals surface area contributed by atoms with Gasteiger partial charge in [0.15, 0.2) is 0 Å². The molecule has 5 heteroatoms. The quantitative estimate of drug-likeness (QED) is 0.724. The first kappa shape index (κ1) is 9.21. The predicted octanol–water partition coefficient (Wildman–Crippen LogP) is 0.595. The van der Waals surface area contributed by atoms with Gasteiger partial charge in [-0.1, -0.05) is 5.16 Å². The van der Waals surface area contributed by atoms with Crippen molar-refractivity contribution in [3.63, 3.8) is 0 Å². The van der Waals surface area contributed by atoms with E-state index in [1.54, 1.807) is 12.3 Å². The number of aliphatic carboxylic acids is 1. The predicted molar refractivity (Wildman–Crippen MR) is 47.9 cm³/mol. The fourth-order valence-corrected chi connectivity index (χ4v) is 1.80. The minimum Gasteiger partial charge on any atom is -0.480 e. The second-order valence-electron chi connectivity index (χ2n) is 3.48. The molecule has 1 aliphatic heterocycles. The summed E-state index contributed by atoms with van der Waals surface area (Å²) < 4.78 is 5.03. The minimum atomic E-state index is -0.797. The van der Waals surface area contributed by atoms with Crippen LogP contribution in [0.2, 0.25) is 0 Å². The number of piperidine rings is 1. The van der Waals surface area contributed by atoms with Crippen molar-refractivity contribution in [2.45, 2.75) is 24.8 Å². The molecule has 0 aromatic carbocycles. The van der Waals surface area contributed by atoms with Crippen LogP contribution in [-0.2, 0) is 4.79 Å². The van der Waals surface area contributed by atoms with Gasteiger partial charge in [0.1, 0.15) is 11.8 Å². The van der Waals surface area contributed by atoms with Gasteiger partial charge in [0.25, 0.3) is 0 Å². The van der Waals surface area contributed by atoms with E-state index >= 15 is 0 Å². The number of aromatic nitrogens is 1. The van der Waals surface area contributed by atoms with Gasteiger partial charge in [0, 0.05) is 12.0 Å². The van der Waals surface area contributed by atoms with Crippen LogP contribution in [0.3, 0.4) is 0 Å². The van der Waals surface area contributed by atoms with Gasteiger partial charge >= 0.3 is 5.97 Å². The lowest BCUT2D eigenvalue weighted by atomic mass is 9.90. The summed E-state index contributed by atoms with van der Waals surface area (Å²) in [6.45, 7) is 0.711. The Kier molecular flexibility index (Phi) is 2.49. The fourth-order valence-electron chi connectivity index (χ4n) is 1.80. The molecule has 0 aliphatic carbocycles. The number of carboxylic acid groups (broad SMARTS) is 1. The van der Waals surface area contributed by atoms with Crippen molar-refractivity contribution in [2.24, 2.45) is 0 Å². The van der Waals surface area contributed by atoms with Gasteiger partial charge in [-0.05, 0) is 19.4 Å². The molecule has 1 aromatic rings. The summed E-state index contributed by atoms with van der Waals surface area (Å²) in [5.41, 5.74) is 0. The first-order valence-electron chi connectivity index (χ1n) is 4.64. The molecule has 2 atom stereocenters. The smallest absolute Gasteiger partial charge is 0.320 e. The summed E-state index contributed by atoms with van der Waals surface area (Å²) in [5.74, 6) is 0.173. The van der Waals surface area contributed by atoms with E-state index < -0.39 is 12.0 Å². The number of carboxylic acids is 1. The molecule has 0 bridgehead atoms. The number of hydrogen-bond acceptors (Lipinski definition) is 4. The zero-order valence-electron chi connectivity index (χ0n) is 7.64. The van der Waals surface area contributed by atoms with Crippen LogP contribution >= 0.6 is 0 Å². The van der Waals surface area contributed by atoms with Crippen molar-refractivity contribution < 1.29 is 14.4 Å². The molecule has 0 spiro atoms. The fraction of sp³-hybridized carbons (Fsp3) is 0.556. The maximum atomic E-state index is 10.8. The molecule has 0 radical (unpaired) electrons. The summed E-state index contributed by atoms with van der Waals surface area (Å²) >= 11 is 0. The lowest BCUT2D eigenvalue weighted by Crippen LogP contribution is -2.42. The highest BCUT2D eigenvalue weighted by Gasteiger charge is 2.28. The summed E-state index contributed by atoms with van der Waals surface area (Å²) in [5, 5.41) is 15.4. The molecular formula is C9H12N2O3. The van der Waals surface area contributed by atoms with E-state index in [1.807, 2.05) is 0 Å². The second-order valence-corrected chi connectivity index (χ2v) is 3.48. The average Bonchev–Trinajstić information content (AvgIpc) is 2.71. The van der Waals surface area contributed by atoms with Crippen LogP contribution in [-0.4, -0.2) is 28.8 Å². The minimum absolute atomic E-state index is 0.180. The van der Waals surface area contributed by atoms with Crippen LogP contribution in [0.25, 0.3) is 0 Å². The zero-order chi connectivity index (χ0) is 9.97. The van der Waals surface area contributed by atoms with Crippen LogP contribution in [0.15, 0.2) is 16.8 Å². The van der Waals surface area contributed by atoms with Gasteiger partial charge in [0.05, 0.1) is 6.20 Å². The topological polar surface area (TPSA) is 75.4 Å². The van der Waals surface area contributed by atoms with Crippen LogP contribution in [0, 0.1) is 0 Å². The van der Waals surface area contributed by atoms with Crippen molar-refractivity contribution in [3.05, 3.63) is 18.0 Å². The number of nitrogens with zero attached hydrogens (tertiary/aromatic N) is 1. The second kappa shape index (κ2) is 3.79. The molecule has 1 saturated heterocycles. The molecule has 1 aromatic heterocycles. The Hall–Kier alpha value is -1.36. The maximum Gasteiger partial charge on any atom is 0.320 e. The van der Waals surface area contributed by atoms with Gasteiger partial charge in [-0.25, -0.2) is 0 Å². The van der Waals surface area contributed by atoms with Gasteiger partial charge in [0.2, 0.25) is 0 Å². The lowest BCUT2D eigenvalue weighted by molar-refractivity contribution is -0.140. The maximum absolute atomic E-state index is 10.8. The number of nitrogens with one attached hydrogen (secondary N) is 1. The molecule has 0 saturated carbocycles. The normalized spacial score (nSPS) is 27.4. The first-order chi connectivity index (χ1) is 6.77. The average molecular weight is 196 g/mol. The van der Waals surface area contributed by atoms with Crippen molar-refractivity contribution in [1.82, 2.24) is 10.5 Å². The van der Waals surface area contributed by atoms with Crippen molar-refractivity contribution in [2.75, 3.05) is 6.54 Å². The van der Waals surface area contributed by atoms with Crippen molar-refractivity contribution in [3.8, 4) is 0 Å². The molecule has 2 heterocycles. The van der Waals surface area contributed by atoms with Gasteiger partial charge in [-0.2, -0.15) is 0 Å². The highest BCUT2D eigenvalue weighted by Crippen LogP contribution is 2.27. The standard InChI is InChI=1S/C9H12N2O3/c12-9(13)7-5-6(1-3-10-7)8-2-4-11-14-8/h2,4,6-7,10H,1,3,5H2,(H,12,13). The van der Waals surface area contributed by atoms with E-state index in [-0.39, 0.29) is 5.92 Å². The highest BCUT2D eigenvalue weighted by atomic mass is 16.5. The Balaban J connectivity index is 2.04. The Morgan fingerprint density at radius 2 is 2.57 bits per heavy atom. The van der Waals surface area contributed by atoms with E-state index in [0.29, 0.717) is 13.0 Å². The third-order valence-electron chi connectivity index (χ3n) is 2.56. The monoisotopic (exact) mass is 196 g/mol. The molecule has 0 amide bonds. The first-order valence-corrected chi connectivity index (χ1v) is 4.64. The number of rotatable bonds is 2. The molecule has 1 aliphatic rings. The largest absolute Gasteiger partial charge is 0.480 e. The Morgan fingerprint density at radius 1 is 1.71 bits per heavy atom. The van der Waals surface area contributed by atoms with Gasteiger partial charge in [-0.15, -0.1) is 0 Å². The molecule has 1 fully saturated rings. The molecule has 5 nitrogen and oxygen atoms in total. The van der Waals surface area contributed by atoms with Gasteiger partial charge < -0.3 is 14.9 Å². The molecular weight excluding hydrogens is 184 g/mol. The Labute approximate surface area is 81.1 Å². The van der Waals surface area contributed by atoms with Crippen molar-refractivity contribution in [1.29, 1.82) is 0 Å². The van der Waals surface area contributed by atoms with Crippen LogP contribution in [0.5, 0.6) is 0 Å². The third kappa shape index (κ3) is 1.77. The van der Waals surface area contributed by atoms with Crippen LogP contribution in [0.1, 0.15) is 24.5 Å². The van der Waals surface area contributed by atoms with E-state index in [0.717, 1.165) is 12.2 Å². The zero-order valence-corrected chi connectivity index (χ0v) is 7.64. The van der Waals surface area contributed by atoms with Crippen LogP contribution < -0.4 is 5.32 Å². The molecule has 2 rings (SSSR count). The van der Waals surface area contributed by atoms with Gasteiger partial charge in [-0.3, -0.25) is 4.79 Å². The summed E-state index contributed by atoms with van der Waals surface area (Å²) in [7, 11) is 0. The summed E-state index contributed by atoms with van der Waals surface area (Å²) in [6.07, 6.45) is 3.07. The molecule has 2 unspecified atom stereocenters. The van der Waals surface area contributed by atoms with E-state index in [4.69, 9.17) is 9.63 Å². The molecule has 14 heavy (non-hydrogen) atoms. The number of hydrogen-bond donors (Lipinski definition) is 2. The van der Waals surface area contributed by atoms with Crippen LogP contribution in [0.4, 0.5) is 0 Å². The number of carbonyl (C=O) groups is 1. The van der Waals surface area contributed by atoms with Crippen molar-refractivity contribution >= 4 is 5.97 Å². The van der Waals surface area contributed by atoms with E-state index in [2.05, 4.69) is 10.5 Å². The molecule has 2 N–H and O–H groups in total. The Bertz CT molecular complexity index is 310. The Morgan fingerprint density at radius 3 is 3.21 bits per heavy atom.